The summed E-state index contributed by atoms with van der Waals surface area (Å²) in [4.78, 5) is 12.6. The summed E-state index contributed by atoms with van der Waals surface area (Å²) in [5.41, 5.74) is 3.52. The van der Waals surface area contributed by atoms with Gasteiger partial charge in [0.05, 0.1) is 5.69 Å². The maximum atomic E-state index is 14.0. The van der Waals surface area contributed by atoms with E-state index < -0.39 is 0 Å². The highest BCUT2D eigenvalue weighted by Crippen LogP contribution is 2.26. The van der Waals surface area contributed by atoms with Gasteiger partial charge in [-0.05, 0) is 35.7 Å². The first-order valence-electron chi connectivity index (χ1n) is 6.34. The molecule has 3 heteroatoms. The van der Waals surface area contributed by atoms with Crippen molar-refractivity contribution < 1.29 is 9.18 Å². The molecule has 19 heavy (non-hydrogen) atoms. The molecule has 2 nitrogen and oxygen atoms in total. The summed E-state index contributed by atoms with van der Waals surface area (Å²) in [6.07, 6.45) is 1.59. The fraction of sp³-hybridized carbons (Fsp3) is 0.188. The molecule has 0 saturated carbocycles. The van der Waals surface area contributed by atoms with Crippen molar-refractivity contribution in [1.29, 1.82) is 0 Å². The number of nitrogens with zero attached hydrogens (tertiary/aromatic N) is 1. The molecule has 2 aromatic rings. The van der Waals surface area contributed by atoms with E-state index in [2.05, 4.69) is 12.1 Å². The lowest BCUT2D eigenvalue weighted by molar-refractivity contribution is 0.112. The number of aldehydes is 1. The average Bonchev–Trinajstić information content (AvgIpc) is 2.46. The van der Waals surface area contributed by atoms with E-state index in [0.717, 1.165) is 13.0 Å². The molecule has 0 unspecified atom stereocenters. The molecule has 1 heterocycles. The minimum absolute atomic E-state index is 0.330. The van der Waals surface area contributed by atoms with Gasteiger partial charge in [0.2, 0.25) is 0 Å². The van der Waals surface area contributed by atoms with Crippen LogP contribution in [0.2, 0.25) is 0 Å². The van der Waals surface area contributed by atoms with E-state index in [1.54, 1.807) is 12.1 Å². The Hall–Kier alpha value is -2.16. The van der Waals surface area contributed by atoms with Crippen molar-refractivity contribution in [2.45, 2.75) is 13.0 Å². The van der Waals surface area contributed by atoms with Crippen LogP contribution < -0.4 is 4.90 Å². The van der Waals surface area contributed by atoms with Crippen LogP contribution in [-0.4, -0.2) is 12.8 Å². The minimum Gasteiger partial charge on any atom is -0.364 e. The zero-order chi connectivity index (χ0) is 13.2. The topological polar surface area (TPSA) is 20.3 Å². The number of hydrogen-bond acceptors (Lipinski definition) is 2. The van der Waals surface area contributed by atoms with Crippen LogP contribution in [0.15, 0.2) is 42.5 Å². The Balaban J connectivity index is 1.91. The molecule has 1 aliphatic heterocycles. The SMILES string of the molecule is O=Cc1ccc(N2CCc3ccccc3C2)c(F)c1. The molecular formula is C16H14FNO. The first kappa shape index (κ1) is 11.9. The monoisotopic (exact) mass is 255 g/mol. The molecule has 0 spiro atoms. The van der Waals surface area contributed by atoms with E-state index in [9.17, 15) is 9.18 Å². The second-order valence-corrected chi connectivity index (χ2v) is 4.77. The summed E-state index contributed by atoms with van der Waals surface area (Å²) in [5.74, 6) is -0.330. The normalized spacial score (nSPS) is 14.1. The van der Waals surface area contributed by atoms with E-state index >= 15 is 0 Å². The molecule has 96 valence electrons. The van der Waals surface area contributed by atoms with Gasteiger partial charge in [0.15, 0.2) is 0 Å². The molecule has 0 N–H and O–H groups in total. The maximum Gasteiger partial charge on any atom is 0.150 e. The molecule has 0 fully saturated rings. The molecule has 0 radical (unpaired) electrons. The Bertz CT molecular complexity index is 624. The van der Waals surface area contributed by atoms with E-state index in [4.69, 9.17) is 0 Å². The molecule has 0 aromatic heterocycles. The molecule has 0 atom stereocenters. The van der Waals surface area contributed by atoms with Gasteiger partial charge in [-0.1, -0.05) is 24.3 Å². The predicted molar refractivity (Wildman–Crippen MR) is 73.0 cm³/mol. The Morgan fingerprint density at radius 1 is 1.11 bits per heavy atom. The van der Waals surface area contributed by atoms with Gasteiger partial charge >= 0.3 is 0 Å². The summed E-state index contributed by atoms with van der Waals surface area (Å²) in [5, 5.41) is 0. The van der Waals surface area contributed by atoms with Gasteiger partial charge < -0.3 is 4.90 Å². The fourth-order valence-electron chi connectivity index (χ4n) is 2.55. The number of halogens is 1. The quantitative estimate of drug-likeness (QED) is 0.768. The van der Waals surface area contributed by atoms with Crippen molar-refractivity contribution in [3.63, 3.8) is 0 Å². The highest BCUT2D eigenvalue weighted by Gasteiger charge is 2.18. The van der Waals surface area contributed by atoms with E-state index in [1.807, 2.05) is 17.0 Å². The summed E-state index contributed by atoms with van der Waals surface area (Å²) < 4.78 is 14.0. The van der Waals surface area contributed by atoms with Crippen LogP contribution in [0.4, 0.5) is 10.1 Å². The van der Waals surface area contributed by atoms with Gasteiger partial charge in [-0.25, -0.2) is 4.39 Å². The van der Waals surface area contributed by atoms with E-state index in [1.165, 1.54) is 17.2 Å². The van der Waals surface area contributed by atoms with Gasteiger partial charge in [-0.15, -0.1) is 0 Å². The first-order chi connectivity index (χ1) is 9.28. The lowest BCUT2D eigenvalue weighted by Crippen LogP contribution is -2.30. The zero-order valence-corrected chi connectivity index (χ0v) is 10.5. The molecule has 0 bridgehead atoms. The third-order valence-electron chi connectivity index (χ3n) is 3.58. The maximum absolute atomic E-state index is 14.0. The number of benzene rings is 2. The molecule has 3 rings (SSSR count). The van der Waals surface area contributed by atoms with Crippen molar-refractivity contribution in [2.75, 3.05) is 11.4 Å². The number of carbonyl (C=O) groups is 1. The standard InChI is InChI=1S/C16H14FNO/c17-15-9-12(11-19)5-6-16(15)18-8-7-13-3-1-2-4-14(13)10-18/h1-6,9,11H,7-8,10H2. The van der Waals surface area contributed by atoms with Gasteiger partial charge in [-0.3, -0.25) is 4.79 Å². The predicted octanol–water partition coefficient (Wildman–Crippen LogP) is 3.20. The van der Waals surface area contributed by atoms with Crippen LogP contribution in [0, 0.1) is 5.82 Å². The van der Waals surface area contributed by atoms with Crippen LogP contribution in [0.5, 0.6) is 0 Å². The first-order valence-corrected chi connectivity index (χ1v) is 6.34. The molecule has 1 aliphatic rings. The van der Waals surface area contributed by atoms with Crippen LogP contribution in [0.3, 0.4) is 0 Å². The number of fused-ring (bicyclic) bond motifs is 1. The number of rotatable bonds is 2. The van der Waals surface area contributed by atoms with Crippen LogP contribution in [0.1, 0.15) is 21.5 Å². The highest BCUT2D eigenvalue weighted by atomic mass is 19.1. The number of anilines is 1. The molecule has 0 aliphatic carbocycles. The summed E-state index contributed by atoms with van der Waals surface area (Å²) in [7, 11) is 0. The van der Waals surface area contributed by atoms with Gasteiger partial charge in [0, 0.05) is 18.7 Å². The summed E-state index contributed by atoms with van der Waals surface area (Å²) in [6.45, 7) is 1.52. The Labute approximate surface area is 111 Å². The van der Waals surface area contributed by atoms with Crippen LogP contribution in [-0.2, 0) is 13.0 Å². The van der Waals surface area contributed by atoms with E-state index in [-0.39, 0.29) is 5.82 Å². The minimum atomic E-state index is -0.330. The van der Waals surface area contributed by atoms with Crippen LogP contribution in [0.25, 0.3) is 0 Å². The van der Waals surface area contributed by atoms with Crippen molar-refractivity contribution >= 4 is 12.0 Å². The number of hydrogen-bond donors (Lipinski definition) is 0. The van der Waals surface area contributed by atoms with Gasteiger partial charge in [0.1, 0.15) is 12.1 Å². The van der Waals surface area contributed by atoms with Crippen LogP contribution >= 0.6 is 0 Å². The second kappa shape index (κ2) is 4.84. The summed E-state index contributed by atoms with van der Waals surface area (Å²) in [6, 6.07) is 12.9. The van der Waals surface area contributed by atoms with Crippen molar-refractivity contribution in [1.82, 2.24) is 0 Å². The van der Waals surface area contributed by atoms with Gasteiger partial charge in [-0.2, -0.15) is 0 Å². The lowest BCUT2D eigenvalue weighted by Gasteiger charge is -2.31. The zero-order valence-electron chi connectivity index (χ0n) is 10.5. The fourth-order valence-corrected chi connectivity index (χ4v) is 2.55. The smallest absolute Gasteiger partial charge is 0.150 e. The largest absolute Gasteiger partial charge is 0.364 e. The third kappa shape index (κ3) is 2.24. The van der Waals surface area contributed by atoms with E-state index in [0.29, 0.717) is 24.1 Å². The average molecular weight is 255 g/mol. The molecular weight excluding hydrogens is 241 g/mol. The van der Waals surface area contributed by atoms with Crippen molar-refractivity contribution in [3.8, 4) is 0 Å². The Kier molecular flexibility index (Phi) is 3.03. The second-order valence-electron chi connectivity index (χ2n) is 4.77. The summed E-state index contributed by atoms with van der Waals surface area (Å²) >= 11 is 0. The lowest BCUT2D eigenvalue weighted by atomic mass is 9.99. The molecule has 0 amide bonds. The number of carbonyl (C=O) groups excluding carboxylic acids is 1. The Morgan fingerprint density at radius 2 is 1.89 bits per heavy atom. The molecule has 2 aromatic carbocycles. The Morgan fingerprint density at radius 3 is 2.63 bits per heavy atom. The highest BCUT2D eigenvalue weighted by molar-refractivity contribution is 5.76. The molecule has 0 saturated heterocycles. The van der Waals surface area contributed by atoms with Gasteiger partial charge in [0.25, 0.3) is 0 Å². The van der Waals surface area contributed by atoms with Crippen molar-refractivity contribution in [2.24, 2.45) is 0 Å². The third-order valence-corrected chi connectivity index (χ3v) is 3.58. The van der Waals surface area contributed by atoms with Crippen molar-refractivity contribution in [3.05, 3.63) is 65.0 Å².